The van der Waals surface area contributed by atoms with E-state index in [0.717, 1.165) is 24.4 Å². The second-order valence-corrected chi connectivity index (χ2v) is 3.75. The van der Waals surface area contributed by atoms with Crippen molar-refractivity contribution in [3.8, 4) is 5.75 Å². The van der Waals surface area contributed by atoms with Crippen molar-refractivity contribution in [1.82, 2.24) is 10.5 Å². The zero-order chi connectivity index (χ0) is 11.9. The van der Waals surface area contributed by atoms with Crippen LogP contribution in [0.15, 0.2) is 41.2 Å². The summed E-state index contributed by atoms with van der Waals surface area (Å²) in [5.41, 5.74) is 2.19. The molecule has 0 saturated heterocycles. The van der Waals surface area contributed by atoms with E-state index in [1.54, 1.807) is 12.5 Å². The van der Waals surface area contributed by atoms with Gasteiger partial charge in [0.15, 0.2) is 0 Å². The summed E-state index contributed by atoms with van der Waals surface area (Å²) in [6, 6.07) is 8.07. The smallest absolute Gasteiger partial charge is 0.130 e. The van der Waals surface area contributed by atoms with Crippen molar-refractivity contribution in [3.05, 3.63) is 47.9 Å². The Kier molecular flexibility index (Phi) is 4.16. The van der Waals surface area contributed by atoms with Crippen molar-refractivity contribution in [1.29, 1.82) is 0 Å². The van der Waals surface area contributed by atoms with Gasteiger partial charge in [-0.25, -0.2) is 0 Å². The Bertz CT molecular complexity index is 423. The van der Waals surface area contributed by atoms with Crippen LogP contribution in [0.25, 0.3) is 0 Å². The number of nitrogens with zero attached hydrogens (tertiary/aromatic N) is 1. The highest BCUT2D eigenvalue weighted by atomic mass is 16.5. The van der Waals surface area contributed by atoms with E-state index in [9.17, 15) is 0 Å². The van der Waals surface area contributed by atoms with E-state index in [0.29, 0.717) is 6.61 Å². The van der Waals surface area contributed by atoms with Gasteiger partial charge in [0.05, 0.1) is 6.20 Å². The zero-order valence-electron chi connectivity index (χ0n) is 9.85. The van der Waals surface area contributed by atoms with Crippen LogP contribution in [0.2, 0.25) is 0 Å². The molecular formula is C13H16N2O2. The van der Waals surface area contributed by atoms with Crippen molar-refractivity contribution < 1.29 is 9.26 Å². The first-order valence-corrected chi connectivity index (χ1v) is 5.69. The van der Waals surface area contributed by atoms with E-state index in [1.165, 1.54) is 5.56 Å². The fourth-order valence-corrected chi connectivity index (χ4v) is 1.44. The second kappa shape index (κ2) is 6.06. The van der Waals surface area contributed by atoms with Gasteiger partial charge in [0.1, 0.15) is 18.6 Å². The lowest BCUT2D eigenvalue weighted by atomic mass is 10.2. The Morgan fingerprint density at radius 3 is 2.71 bits per heavy atom. The predicted molar refractivity (Wildman–Crippen MR) is 64.7 cm³/mol. The van der Waals surface area contributed by atoms with Gasteiger partial charge in [-0.05, 0) is 24.2 Å². The lowest BCUT2D eigenvalue weighted by molar-refractivity contribution is 0.304. The van der Waals surface area contributed by atoms with Gasteiger partial charge in [-0.2, -0.15) is 0 Å². The van der Waals surface area contributed by atoms with E-state index < -0.39 is 0 Å². The molecule has 4 heteroatoms. The molecule has 0 saturated carbocycles. The molecule has 0 atom stereocenters. The van der Waals surface area contributed by atoms with E-state index in [4.69, 9.17) is 9.26 Å². The fourth-order valence-electron chi connectivity index (χ4n) is 1.44. The third-order valence-electron chi connectivity index (χ3n) is 2.39. The fraction of sp³-hybridized carbons (Fsp3) is 0.308. The van der Waals surface area contributed by atoms with Crippen LogP contribution in [0.4, 0.5) is 0 Å². The van der Waals surface area contributed by atoms with Gasteiger partial charge in [0, 0.05) is 12.1 Å². The van der Waals surface area contributed by atoms with E-state index in [-0.39, 0.29) is 0 Å². The van der Waals surface area contributed by atoms with Crippen LogP contribution in [-0.2, 0) is 13.2 Å². The molecule has 0 aliphatic rings. The quantitative estimate of drug-likeness (QED) is 0.830. The molecule has 0 unspecified atom stereocenters. The molecule has 90 valence electrons. The first-order valence-electron chi connectivity index (χ1n) is 5.69. The minimum Gasteiger partial charge on any atom is -0.489 e. The van der Waals surface area contributed by atoms with Crippen molar-refractivity contribution in [3.63, 3.8) is 0 Å². The van der Waals surface area contributed by atoms with Gasteiger partial charge >= 0.3 is 0 Å². The van der Waals surface area contributed by atoms with E-state index in [1.807, 2.05) is 12.1 Å². The minimum absolute atomic E-state index is 0.482. The number of nitrogens with one attached hydrogen (secondary N) is 1. The molecule has 17 heavy (non-hydrogen) atoms. The topological polar surface area (TPSA) is 47.3 Å². The van der Waals surface area contributed by atoms with E-state index in [2.05, 4.69) is 29.5 Å². The van der Waals surface area contributed by atoms with Gasteiger partial charge in [-0.15, -0.1) is 0 Å². The third kappa shape index (κ3) is 3.60. The first-order chi connectivity index (χ1) is 8.38. The molecule has 2 aromatic rings. The van der Waals surface area contributed by atoms with Crippen LogP contribution in [0.1, 0.15) is 18.1 Å². The highest BCUT2D eigenvalue weighted by Gasteiger charge is 1.98. The Labute approximate surface area is 101 Å². The average molecular weight is 232 g/mol. The first kappa shape index (κ1) is 11.7. The highest BCUT2D eigenvalue weighted by Crippen LogP contribution is 2.13. The average Bonchev–Trinajstić information content (AvgIpc) is 2.88. The lowest BCUT2D eigenvalue weighted by Gasteiger charge is -2.06. The summed E-state index contributed by atoms with van der Waals surface area (Å²) >= 11 is 0. The zero-order valence-corrected chi connectivity index (χ0v) is 9.85. The van der Waals surface area contributed by atoms with Crippen molar-refractivity contribution in [2.75, 3.05) is 6.54 Å². The number of benzene rings is 1. The maximum absolute atomic E-state index is 5.59. The summed E-state index contributed by atoms with van der Waals surface area (Å²) in [4.78, 5) is 0. The molecule has 0 aliphatic heterocycles. The normalized spacial score (nSPS) is 10.4. The highest BCUT2D eigenvalue weighted by molar-refractivity contribution is 5.27. The van der Waals surface area contributed by atoms with Crippen LogP contribution in [0, 0.1) is 0 Å². The Morgan fingerprint density at radius 2 is 2.06 bits per heavy atom. The van der Waals surface area contributed by atoms with Gasteiger partial charge in [-0.1, -0.05) is 24.2 Å². The number of ether oxygens (including phenoxy) is 1. The van der Waals surface area contributed by atoms with Crippen molar-refractivity contribution in [2.45, 2.75) is 20.1 Å². The van der Waals surface area contributed by atoms with Crippen LogP contribution in [0.3, 0.4) is 0 Å². The SMILES string of the molecule is CCNCc1ccc(OCc2cnoc2)cc1. The molecule has 2 rings (SSSR count). The number of hydrogen-bond acceptors (Lipinski definition) is 4. The monoisotopic (exact) mass is 232 g/mol. The second-order valence-electron chi connectivity index (χ2n) is 3.75. The molecule has 0 radical (unpaired) electrons. The molecule has 1 aromatic heterocycles. The Hall–Kier alpha value is -1.81. The Morgan fingerprint density at radius 1 is 1.24 bits per heavy atom. The lowest BCUT2D eigenvalue weighted by Crippen LogP contribution is -2.11. The summed E-state index contributed by atoms with van der Waals surface area (Å²) < 4.78 is 10.3. The minimum atomic E-state index is 0.482. The molecule has 0 spiro atoms. The van der Waals surface area contributed by atoms with Gasteiger partial charge < -0.3 is 14.6 Å². The molecule has 0 fully saturated rings. The largest absolute Gasteiger partial charge is 0.489 e. The van der Waals surface area contributed by atoms with Crippen LogP contribution in [-0.4, -0.2) is 11.7 Å². The maximum atomic E-state index is 5.59. The number of rotatable bonds is 6. The van der Waals surface area contributed by atoms with Crippen molar-refractivity contribution >= 4 is 0 Å². The van der Waals surface area contributed by atoms with E-state index >= 15 is 0 Å². The Balaban J connectivity index is 1.85. The molecule has 1 heterocycles. The standard InChI is InChI=1S/C13H16N2O2/c1-2-14-7-11-3-5-13(6-4-11)16-9-12-8-15-17-10-12/h3-6,8,10,14H,2,7,9H2,1H3. The molecule has 4 nitrogen and oxygen atoms in total. The van der Waals surface area contributed by atoms with Gasteiger partial charge in [0.2, 0.25) is 0 Å². The van der Waals surface area contributed by atoms with Crippen molar-refractivity contribution in [2.24, 2.45) is 0 Å². The molecule has 0 aliphatic carbocycles. The van der Waals surface area contributed by atoms with Gasteiger partial charge in [-0.3, -0.25) is 0 Å². The molecule has 0 bridgehead atoms. The number of aromatic nitrogens is 1. The predicted octanol–water partition coefficient (Wildman–Crippen LogP) is 2.36. The number of hydrogen-bond donors (Lipinski definition) is 1. The van der Waals surface area contributed by atoms with Crippen LogP contribution >= 0.6 is 0 Å². The van der Waals surface area contributed by atoms with Crippen LogP contribution < -0.4 is 10.1 Å². The molecule has 1 N–H and O–H groups in total. The summed E-state index contributed by atoms with van der Waals surface area (Å²) in [6.45, 7) is 4.45. The summed E-state index contributed by atoms with van der Waals surface area (Å²) in [7, 11) is 0. The van der Waals surface area contributed by atoms with Gasteiger partial charge in [0.25, 0.3) is 0 Å². The molecule has 0 amide bonds. The maximum Gasteiger partial charge on any atom is 0.130 e. The summed E-state index contributed by atoms with van der Waals surface area (Å²) in [6.07, 6.45) is 3.24. The van der Waals surface area contributed by atoms with Crippen LogP contribution in [0.5, 0.6) is 5.75 Å². The summed E-state index contributed by atoms with van der Waals surface area (Å²) in [5.74, 6) is 0.853. The molecule has 1 aromatic carbocycles. The molecular weight excluding hydrogens is 216 g/mol. The third-order valence-corrected chi connectivity index (χ3v) is 2.39. The summed E-state index contributed by atoms with van der Waals surface area (Å²) in [5, 5.41) is 6.90.